The summed E-state index contributed by atoms with van der Waals surface area (Å²) in [4.78, 5) is 18.0. The fraction of sp³-hybridized carbons (Fsp3) is 0.542. The Bertz CT molecular complexity index is 683. The zero-order valence-corrected chi connectivity index (χ0v) is 19.1. The molecule has 0 radical (unpaired) electrons. The third kappa shape index (κ3) is 7.94. The van der Waals surface area contributed by atoms with Crippen LogP contribution in [0.5, 0.6) is 5.75 Å². The molecule has 1 aromatic rings. The molecular formula is C24H37NO5. The van der Waals surface area contributed by atoms with Gasteiger partial charge < -0.3 is 14.6 Å². The van der Waals surface area contributed by atoms with Gasteiger partial charge in [0.1, 0.15) is 11.9 Å². The van der Waals surface area contributed by atoms with Crippen LogP contribution in [0.25, 0.3) is 0 Å². The van der Waals surface area contributed by atoms with Crippen LogP contribution in [0, 0.1) is 11.8 Å². The average Bonchev–Trinajstić information content (AvgIpc) is 2.73. The lowest BCUT2D eigenvalue weighted by Gasteiger charge is -2.30. The molecule has 0 saturated carbocycles. The second-order valence-corrected chi connectivity index (χ2v) is 7.77. The van der Waals surface area contributed by atoms with Crippen molar-refractivity contribution in [1.82, 2.24) is 5.06 Å². The quantitative estimate of drug-likeness (QED) is 0.384. The molecule has 1 amide bonds. The van der Waals surface area contributed by atoms with Gasteiger partial charge in [-0.1, -0.05) is 43.7 Å². The number of carbonyl (C=O) groups is 1. The van der Waals surface area contributed by atoms with Gasteiger partial charge in [0, 0.05) is 7.05 Å². The lowest BCUT2D eigenvalue weighted by molar-refractivity contribution is -0.177. The number of ether oxygens (including phenoxy) is 2. The first-order chi connectivity index (χ1) is 14.2. The summed E-state index contributed by atoms with van der Waals surface area (Å²) in [6.07, 6.45) is 3.57. The zero-order chi connectivity index (χ0) is 22.7. The van der Waals surface area contributed by atoms with Gasteiger partial charge in [-0.3, -0.25) is 9.63 Å². The van der Waals surface area contributed by atoms with Crippen molar-refractivity contribution in [2.75, 3.05) is 21.3 Å². The van der Waals surface area contributed by atoms with Gasteiger partial charge in [0.25, 0.3) is 5.91 Å². The van der Waals surface area contributed by atoms with Crippen LogP contribution in [0.15, 0.2) is 48.6 Å². The number of allylic oxidation sites excluding steroid dienone is 1. The van der Waals surface area contributed by atoms with Gasteiger partial charge in [-0.25, -0.2) is 5.06 Å². The highest BCUT2D eigenvalue weighted by molar-refractivity contribution is 5.81. The van der Waals surface area contributed by atoms with Crippen LogP contribution in [-0.4, -0.2) is 49.6 Å². The molecule has 0 heterocycles. The smallest absolute Gasteiger partial charge is 0.255 e. The van der Waals surface area contributed by atoms with Gasteiger partial charge in [0.05, 0.1) is 32.8 Å². The van der Waals surface area contributed by atoms with E-state index in [0.29, 0.717) is 5.92 Å². The highest BCUT2D eigenvalue weighted by Crippen LogP contribution is 2.24. The third-order valence-corrected chi connectivity index (χ3v) is 5.06. The standard InChI is InChI=1S/C24H37NO5/c1-8-21(30-16-19-12-14-20(28-6)15-13-19)23(26)22(24(27)25(5)29-7)18(4)11-9-10-17(2)3/h8,11-15,17,21-23,26H,1,9-10,16H2,2-7H3/b18-11+/t21-,22+,23-/m1/s1. The molecule has 30 heavy (non-hydrogen) atoms. The normalized spacial score (nSPS) is 14.9. The van der Waals surface area contributed by atoms with Gasteiger partial charge in [-0.15, -0.1) is 6.58 Å². The van der Waals surface area contributed by atoms with Crippen molar-refractivity contribution >= 4 is 5.91 Å². The number of aliphatic hydroxyl groups excluding tert-OH is 1. The molecule has 0 aliphatic carbocycles. The van der Waals surface area contributed by atoms with E-state index in [0.717, 1.165) is 34.8 Å². The monoisotopic (exact) mass is 419 g/mol. The Morgan fingerprint density at radius 3 is 2.37 bits per heavy atom. The Labute approximate surface area is 181 Å². The molecule has 0 aliphatic rings. The second-order valence-electron chi connectivity index (χ2n) is 7.77. The van der Waals surface area contributed by atoms with Crippen LogP contribution in [0.3, 0.4) is 0 Å². The molecule has 1 N–H and O–H groups in total. The largest absolute Gasteiger partial charge is 0.497 e. The first-order valence-electron chi connectivity index (χ1n) is 10.3. The fourth-order valence-corrected chi connectivity index (χ4v) is 3.08. The van der Waals surface area contributed by atoms with E-state index < -0.39 is 18.1 Å². The first kappa shape index (κ1) is 25.9. The number of hydrogen-bond acceptors (Lipinski definition) is 5. The van der Waals surface area contributed by atoms with Gasteiger partial charge in [-0.2, -0.15) is 0 Å². The highest BCUT2D eigenvalue weighted by Gasteiger charge is 2.35. The Kier molecular flexibility index (Phi) is 11.4. The van der Waals surface area contributed by atoms with Crippen molar-refractivity contribution in [3.8, 4) is 5.75 Å². The molecule has 0 aliphatic heterocycles. The summed E-state index contributed by atoms with van der Waals surface area (Å²) in [5.41, 5.74) is 1.72. The minimum atomic E-state index is -1.10. The van der Waals surface area contributed by atoms with Gasteiger partial charge >= 0.3 is 0 Å². The summed E-state index contributed by atoms with van der Waals surface area (Å²) >= 11 is 0. The summed E-state index contributed by atoms with van der Waals surface area (Å²) in [7, 11) is 4.57. The molecule has 0 fully saturated rings. The SMILES string of the molecule is C=C[C@@H](OCc1ccc(OC)cc1)[C@@H](O)[C@@H](C(=O)N(C)OC)/C(C)=C/CCC(C)C. The molecule has 1 aromatic carbocycles. The van der Waals surface area contributed by atoms with Gasteiger partial charge in [-0.05, 0) is 43.4 Å². The Hall–Kier alpha value is -2.15. The number of amides is 1. The number of benzene rings is 1. The maximum Gasteiger partial charge on any atom is 0.255 e. The molecule has 0 unspecified atom stereocenters. The van der Waals surface area contributed by atoms with E-state index in [1.54, 1.807) is 7.11 Å². The lowest BCUT2D eigenvalue weighted by Crippen LogP contribution is -2.44. The molecule has 3 atom stereocenters. The number of carbonyl (C=O) groups excluding carboxylic acids is 1. The summed E-state index contributed by atoms with van der Waals surface area (Å²) in [6, 6.07) is 7.48. The van der Waals surface area contributed by atoms with Gasteiger partial charge in [0.2, 0.25) is 0 Å². The van der Waals surface area contributed by atoms with Crippen molar-refractivity contribution in [1.29, 1.82) is 0 Å². The lowest BCUT2D eigenvalue weighted by atomic mass is 9.88. The molecule has 1 rings (SSSR count). The zero-order valence-electron chi connectivity index (χ0n) is 19.1. The van der Waals surface area contributed by atoms with E-state index in [-0.39, 0.29) is 12.5 Å². The molecule has 0 spiro atoms. The number of hydroxylamine groups is 2. The molecule has 6 nitrogen and oxygen atoms in total. The summed E-state index contributed by atoms with van der Waals surface area (Å²) < 4.78 is 11.1. The number of aliphatic hydroxyl groups is 1. The van der Waals surface area contributed by atoms with Crippen molar-refractivity contribution in [2.45, 2.75) is 52.4 Å². The van der Waals surface area contributed by atoms with Crippen LogP contribution in [0.1, 0.15) is 39.2 Å². The molecule has 168 valence electrons. The molecular weight excluding hydrogens is 382 g/mol. The Morgan fingerprint density at radius 1 is 1.23 bits per heavy atom. The summed E-state index contributed by atoms with van der Waals surface area (Å²) in [6.45, 7) is 10.2. The van der Waals surface area contributed by atoms with Crippen LogP contribution in [-0.2, 0) is 21.0 Å². The molecule has 0 bridgehead atoms. The fourth-order valence-electron chi connectivity index (χ4n) is 3.08. The van der Waals surface area contributed by atoms with E-state index in [2.05, 4.69) is 20.4 Å². The second kappa shape index (κ2) is 13.2. The van der Waals surface area contributed by atoms with E-state index in [1.807, 2.05) is 37.3 Å². The summed E-state index contributed by atoms with van der Waals surface area (Å²) in [5.74, 6) is 0.196. The van der Waals surface area contributed by atoms with Crippen LogP contribution >= 0.6 is 0 Å². The number of methoxy groups -OCH3 is 1. The van der Waals surface area contributed by atoms with Crippen molar-refractivity contribution < 1.29 is 24.2 Å². The van der Waals surface area contributed by atoms with Crippen molar-refractivity contribution in [3.63, 3.8) is 0 Å². The number of hydrogen-bond donors (Lipinski definition) is 1. The predicted molar refractivity (Wildman–Crippen MR) is 119 cm³/mol. The highest BCUT2D eigenvalue weighted by atomic mass is 16.7. The summed E-state index contributed by atoms with van der Waals surface area (Å²) in [5, 5.41) is 12.2. The molecule has 6 heteroatoms. The van der Waals surface area contributed by atoms with Crippen molar-refractivity contribution in [2.24, 2.45) is 11.8 Å². The Balaban J connectivity index is 2.97. The molecule has 0 saturated heterocycles. The van der Waals surface area contributed by atoms with E-state index in [4.69, 9.17) is 14.3 Å². The van der Waals surface area contributed by atoms with Crippen LogP contribution in [0.4, 0.5) is 0 Å². The Morgan fingerprint density at radius 2 is 1.87 bits per heavy atom. The maximum absolute atomic E-state index is 12.9. The minimum Gasteiger partial charge on any atom is -0.497 e. The maximum atomic E-state index is 12.9. The third-order valence-electron chi connectivity index (χ3n) is 5.06. The van der Waals surface area contributed by atoms with Crippen molar-refractivity contribution in [3.05, 3.63) is 54.1 Å². The predicted octanol–water partition coefficient (Wildman–Crippen LogP) is 4.15. The first-order valence-corrected chi connectivity index (χ1v) is 10.3. The van der Waals surface area contributed by atoms with E-state index >= 15 is 0 Å². The number of nitrogens with zero attached hydrogens (tertiary/aromatic N) is 1. The van der Waals surface area contributed by atoms with E-state index in [1.165, 1.54) is 20.2 Å². The molecule has 0 aromatic heterocycles. The van der Waals surface area contributed by atoms with Gasteiger partial charge in [0.15, 0.2) is 0 Å². The van der Waals surface area contributed by atoms with Crippen LogP contribution < -0.4 is 4.74 Å². The van der Waals surface area contributed by atoms with Crippen LogP contribution in [0.2, 0.25) is 0 Å². The topological polar surface area (TPSA) is 68.2 Å². The van der Waals surface area contributed by atoms with E-state index in [9.17, 15) is 9.90 Å². The minimum absolute atomic E-state index is 0.273. The number of rotatable bonds is 13. The average molecular weight is 420 g/mol.